The predicted molar refractivity (Wildman–Crippen MR) is 80.0 cm³/mol. The normalized spacial score (nSPS) is 19.6. The minimum absolute atomic E-state index is 0.198. The van der Waals surface area contributed by atoms with Gasteiger partial charge in [0.1, 0.15) is 11.9 Å². The molecule has 0 saturated heterocycles. The van der Waals surface area contributed by atoms with E-state index in [4.69, 9.17) is 4.74 Å². The monoisotopic (exact) mass is 278 g/mol. The van der Waals surface area contributed by atoms with Gasteiger partial charge in [0.25, 0.3) is 0 Å². The minimum Gasteiger partial charge on any atom is -0.496 e. The maximum atomic E-state index is 10.6. The first-order chi connectivity index (χ1) is 9.54. The molecule has 0 amide bonds. The summed E-state index contributed by atoms with van der Waals surface area (Å²) in [6.07, 6.45) is 3.99. The number of aryl methyl sites for hydroxylation is 2. The molecular weight excluding hydrogens is 252 g/mol. The van der Waals surface area contributed by atoms with Crippen molar-refractivity contribution in [3.05, 3.63) is 28.8 Å². The van der Waals surface area contributed by atoms with E-state index in [0.717, 1.165) is 42.4 Å². The Morgan fingerprint density at radius 2 is 1.75 bits per heavy atom. The molecule has 2 unspecified atom stereocenters. The maximum absolute atomic E-state index is 10.6. The van der Waals surface area contributed by atoms with E-state index >= 15 is 0 Å². The van der Waals surface area contributed by atoms with Gasteiger partial charge in [-0.3, -0.25) is 0 Å². The number of benzene rings is 1. The number of methoxy groups -OCH3 is 1. The van der Waals surface area contributed by atoms with Crippen LogP contribution in [0.2, 0.25) is 0 Å². The molecule has 0 heterocycles. The fourth-order valence-corrected chi connectivity index (χ4v) is 3.39. The number of aliphatic hydroxyl groups excluding tert-OH is 2. The van der Waals surface area contributed by atoms with E-state index in [2.05, 4.69) is 0 Å². The molecule has 2 N–H and O–H groups in total. The number of rotatable bonds is 4. The quantitative estimate of drug-likeness (QED) is 0.888. The standard InChI is InChI=1S/C17H26O3/c1-11-9-12(2)15(14(10-11)20-3)17(19)16(18)13-7-5-4-6-8-13/h9-10,13,16-19H,4-8H2,1-3H3. The molecule has 20 heavy (non-hydrogen) atoms. The first-order valence-electron chi connectivity index (χ1n) is 7.56. The van der Waals surface area contributed by atoms with Gasteiger partial charge in [0.2, 0.25) is 0 Å². The van der Waals surface area contributed by atoms with Crippen LogP contribution < -0.4 is 4.74 Å². The molecule has 0 spiro atoms. The van der Waals surface area contributed by atoms with Crippen LogP contribution in [0.15, 0.2) is 12.1 Å². The maximum Gasteiger partial charge on any atom is 0.125 e. The van der Waals surface area contributed by atoms with Crippen molar-refractivity contribution in [2.75, 3.05) is 7.11 Å². The number of ether oxygens (including phenoxy) is 1. The van der Waals surface area contributed by atoms with Crippen molar-refractivity contribution in [2.45, 2.75) is 58.2 Å². The molecule has 1 aliphatic carbocycles. The van der Waals surface area contributed by atoms with Crippen molar-refractivity contribution in [1.29, 1.82) is 0 Å². The van der Waals surface area contributed by atoms with E-state index < -0.39 is 12.2 Å². The van der Waals surface area contributed by atoms with E-state index in [1.165, 1.54) is 6.42 Å². The Morgan fingerprint density at radius 1 is 1.10 bits per heavy atom. The molecular formula is C17H26O3. The topological polar surface area (TPSA) is 49.7 Å². The Balaban J connectivity index is 2.25. The summed E-state index contributed by atoms with van der Waals surface area (Å²) in [5.74, 6) is 0.869. The second kappa shape index (κ2) is 6.59. The summed E-state index contributed by atoms with van der Waals surface area (Å²) in [5.41, 5.74) is 2.81. The molecule has 2 atom stereocenters. The van der Waals surface area contributed by atoms with Crippen molar-refractivity contribution in [3.63, 3.8) is 0 Å². The van der Waals surface area contributed by atoms with Gasteiger partial charge < -0.3 is 14.9 Å². The minimum atomic E-state index is -0.867. The molecule has 1 fully saturated rings. The summed E-state index contributed by atoms with van der Waals surface area (Å²) in [6.45, 7) is 3.96. The van der Waals surface area contributed by atoms with Crippen LogP contribution in [-0.2, 0) is 0 Å². The van der Waals surface area contributed by atoms with Crippen molar-refractivity contribution in [2.24, 2.45) is 5.92 Å². The highest BCUT2D eigenvalue weighted by molar-refractivity contribution is 5.44. The van der Waals surface area contributed by atoms with Crippen LogP contribution in [0.3, 0.4) is 0 Å². The summed E-state index contributed by atoms with van der Waals surface area (Å²) in [5, 5.41) is 21.1. The van der Waals surface area contributed by atoms with Crippen LogP contribution in [-0.4, -0.2) is 23.4 Å². The third-order valence-electron chi connectivity index (χ3n) is 4.47. The van der Waals surface area contributed by atoms with E-state index in [9.17, 15) is 10.2 Å². The zero-order valence-electron chi connectivity index (χ0n) is 12.7. The molecule has 1 aromatic rings. The van der Waals surface area contributed by atoms with Crippen LogP contribution in [0.5, 0.6) is 5.75 Å². The first-order valence-corrected chi connectivity index (χ1v) is 7.56. The lowest BCUT2D eigenvalue weighted by Crippen LogP contribution is -2.30. The second-order valence-corrected chi connectivity index (χ2v) is 6.03. The number of hydrogen-bond acceptors (Lipinski definition) is 3. The largest absolute Gasteiger partial charge is 0.496 e. The van der Waals surface area contributed by atoms with Crippen LogP contribution in [0.25, 0.3) is 0 Å². The molecule has 0 aliphatic heterocycles. The van der Waals surface area contributed by atoms with Crippen molar-refractivity contribution in [1.82, 2.24) is 0 Å². The second-order valence-electron chi connectivity index (χ2n) is 6.03. The average Bonchev–Trinajstić information content (AvgIpc) is 2.46. The van der Waals surface area contributed by atoms with Gasteiger partial charge in [-0.25, -0.2) is 0 Å². The van der Waals surface area contributed by atoms with Crippen molar-refractivity contribution >= 4 is 0 Å². The molecule has 1 aliphatic rings. The fourth-order valence-electron chi connectivity index (χ4n) is 3.39. The van der Waals surface area contributed by atoms with E-state index in [0.29, 0.717) is 5.75 Å². The van der Waals surface area contributed by atoms with Gasteiger partial charge in [-0.05, 0) is 49.8 Å². The molecule has 112 valence electrons. The Hall–Kier alpha value is -1.06. The molecule has 3 nitrogen and oxygen atoms in total. The Kier molecular flexibility index (Phi) is 5.06. The summed E-state index contributed by atoms with van der Waals surface area (Å²) < 4.78 is 5.39. The van der Waals surface area contributed by atoms with Gasteiger partial charge in [0.15, 0.2) is 0 Å². The number of hydrogen-bond donors (Lipinski definition) is 2. The molecule has 3 heteroatoms. The van der Waals surface area contributed by atoms with E-state index in [-0.39, 0.29) is 5.92 Å². The first kappa shape index (κ1) is 15.3. The SMILES string of the molecule is COc1cc(C)cc(C)c1C(O)C(O)C1CCCCC1. The highest BCUT2D eigenvalue weighted by atomic mass is 16.5. The highest BCUT2D eigenvalue weighted by Crippen LogP contribution is 2.37. The van der Waals surface area contributed by atoms with Gasteiger partial charge in [0.05, 0.1) is 13.2 Å². The molecule has 0 bridgehead atoms. The lowest BCUT2D eigenvalue weighted by Gasteiger charge is -2.31. The predicted octanol–water partition coefficient (Wildman–Crippen LogP) is 3.29. The van der Waals surface area contributed by atoms with Crippen LogP contribution in [0.4, 0.5) is 0 Å². The van der Waals surface area contributed by atoms with Crippen molar-refractivity contribution in [3.8, 4) is 5.75 Å². The van der Waals surface area contributed by atoms with Crippen LogP contribution >= 0.6 is 0 Å². The summed E-state index contributed by atoms with van der Waals surface area (Å²) in [6, 6.07) is 3.94. The van der Waals surface area contributed by atoms with Crippen molar-refractivity contribution < 1.29 is 14.9 Å². The third-order valence-corrected chi connectivity index (χ3v) is 4.47. The average molecular weight is 278 g/mol. The molecule has 1 saturated carbocycles. The van der Waals surface area contributed by atoms with E-state index in [1.54, 1.807) is 7.11 Å². The molecule has 1 aromatic carbocycles. The Morgan fingerprint density at radius 3 is 2.35 bits per heavy atom. The highest BCUT2D eigenvalue weighted by Gasteiger charge is 2.31. The van der Waals surface area contributed by atoms with Gasteiger partial charge >= 0.3 is 0 Å². The Labute approximate surface area is 121 Å². The Bertz CT molecular complexity index is 450. The molecule has 2 rings (SSSR count). The van der Waals surface area contributed by atoms with Gasteiger partial charge in [-0.1, -0.05) is 25.3 Å². The summed E-state index contributed by atoms with van der Waals surface area (Å²) in [7, 11) is 1.61. The van der Waals surface area contributed by atoms with Gasteiger partial charge in [-0.15, -0.1) is 0 Å². The fraction of sp³-hybridized carbons (Fsp3) is 0.647. The lowest BCUT2D eigenvalue weighted by atomic mass is 9.81. The van der Waals surface area contributed by atoms with Gasteiger partial charge in [0, 0.05) is 5.56 Å². The zero-order chi connectivity index (χ0) is 14.7. The van der Waals surface area contributed by atoms with Crippen LogP contribution in [0, 0.1) is 19.8 Å². The van der Waals surface area contributed by atoms with Crippen LogP contribution in [0.1, 0.15) is 54.9 Å². The summed E-state index contributed by atoms with van der Waals surface area (Å²) >= 11 is 0. The molecule has 0 radical (unpaired) electrons. The summed E-state index contributed by atoms with van der Waals surface area (Å²) in [4.78, 5) is 0. The number of aliphatic hydroxyl groups is 2. The molecule has 0 aromatic heterocycles. The smallest absolute Gasteiger partial charge is 0.125 e. The zero-order valence-corrected chi connectivity index (χ0v) is 12.7. The van der Waals surface area contributed by atoms with E-state index in [1.807, 2.05) is 26.0 Å². The van der Waals surface area contributed by atoms with Gasteiger partial charge in [-0.2, -0.15) is 0 Å². The third kappa shape index (κ3) is 3.15. The lowest BCUT2D eigenvalue weighted by molar-refractivity contribution is -0.0297.